The Hall–Kier alpha value is -4.45. The number of rotatable bonds is 50. The van der Waals surface area contributed by atoms with E-state index in [-0.39, 0.29) is 31.1 Å². The lowest BCUT2D eigenvalue weighted by Gasteiger charge is -2.18. The molecule has 6 heteroatoms. The van der Waals surface area contributed by atoms with E-state index in [9.17, 15) is 14.4 Å². The van der Waals surface area contributed by atoms with Gasteiger partial charge in [-0.3, -0.25) is 14.4 Å². The van der Waals surface area contributed by atoms with Gasteiger partial charge in [-0.15, -0.1) is 0 Å². The van der Waals surface area contributed by atoms with Gasteiger partial charge in [-0.1, -0.05) is 219 Å². The lowest BCUT2D eigenvalue weighted by Crippen LogP contribution is -2.30. The first kappa shape index (κ1) is 66.6. The zero-order valence-electron chi connectivity index (χ0n) is 45.7. The summed E-state index contributed by atoms with van der Waals surface area (Å²) in [5.41, 5.74) is 0. The highest BCUT2D eigenvalue weighted by Gasteiger charge is 2.19. The minimum Gasteiger partial charge on any atom is -0.462 e. The van der Waals surface area contributed by atoms with Gasteiger partial charge in [-0.25, -0.2) is 0 Å². The molecular weight excluding hydrogens is 877 g/mol. The quantitative estimate of drug-likeness (QED) is 0.0262. The normalized spacial score (nSPS) is 13.1. The van der Waals surface area contributed by atoms with Crippen molar-refractivity contribution in [1.29, 1.82) is 0 Å². The van der Waals surface area contributed by atoms with Crippen LogP contribution in [0, 0.1) is 0 Å². The van der Waals surface area contributed by atoms with E-state index in [2.05, 4.69) is 154 Å². The molecule has 0 spiro atoms. The first-order chi connectivity index (χ1) is 35.0. The van der Waals surface area contributed by atoms with Crippen molar-refractivity contribution >= 4 is 17.9 Å². The fourth-order valence-electron chi connectivity index (χ4n) is 7.37. The highest BCUT2D eigenvalue weighted by atomic mass is 16.6. The van der Waals surface area contributed by atoms with Crippen LogP contribution in [0.4, 0.5) is 0 Å². The van der Waals surface area contributed by atoms with Crippen LogP contribution in [0.5, 0.6) is 0 Å². The molecule has 0 aromatic carbocycles. The van der Waals surface area contributed by atoms with Gasteiger partial charge in [-0.2, -0.15) is 0 Å². The molecule has 71 heavy (non-hydrogen) atoms. The minimum atomic E-state index is -0.813. The average molecular weight is 982 g/mol. The summed E-state index contributed by atoms with van der Waals surface area (Å²) in [5.74, 6) is -0.981. The SMILES string of the molecule is CC/C=C\C/C=C\C/C=C\C/C=C\C/C=C\C/C=C\CCCCC(=O)OCC(COC(=O)CCCCCCC/C=C\C/C=C\C/C=C\CC)OC(=O)CCCCCCCCC/C=C\C/C=C\CCCCC. The van der Waals surface area contributed by atoms with Gasteiger partial charge < -0.3 is 14.2 Å². The third kappa shape index (κ3) is 56.3. The van der Waals surface area contributed by atoms with Crippen LogP contribution in [-0.4, -0.2) is 37.2 Å². The van der Waals surface area contributed by atoms with E-state index in [1.165, 1.54) is 51.4 Å². The highest BCUT2D eigenvalue weighted by Crippen LogP contribution is 2.13. The van der Waals surface area contributed by atoms with E-state index in [1.54, 1.807) is 0 Å². The predicted octanol–water partition coefficient (Wildman–Crippen LogP) is 19.4. The molecule has 1 unspecified atom stereocenters. The van der Waals surface area contributed by atoms with E-state index in [0.29, 0.717) is 25.7 Å². The third-order valence-corrected chi connectivity index (χ3v) is 11.6. The molecule has 1 atom stereocenters. The molecule has 0 aliphatic heterocycles. The lowest BCUT2D eigenvalue weighted by atomic mass is 10.1. The summed E-state index contributed by atoms with van der Waals surface area (Å²) in [6.07, 6.45) is 81.5. The molecule has 0 radical (unpaired) electrons. The Morgan fingerprint density at radius 2 is 0.549 bits per heavy atom. The van der Waals surface area contributed by atoms with Gasteiger partial charge in [-0.05, 0) is 135 Å². The van der Waals surface area contributed by atoms with Gasteiger partial charge in [0.2, 0.25) is 0 Å². The van der Waals surface area contributed by atoms with E-state index < -0.39 is 6.10 Å². The van der Waals surface area contributed by atoms with E-state index in [0.717, 1.165) is 141 Å². The molecule has 0 amide bonds. The average Bonchev–Trinajstić information content (AvgIpc) is 3.37. The fraction of sp³-hybridized carbons (Fsp3) is 0.615. The number of unbranched alkanes of at least 4 members (excludes halogenated alkanes) is 17. The zero-order chi connectivity index (χ0) is 51.4. The van der Waals surface area contributed by atoms with Crippen molar-refractivity contribution in [2.24, 2.45) is 0 Å². The van der Waals surface area contributed by atoms with E-state index in [4.69, 9.17) is 14.2 Å². The molecule has 0 aromatic heterocycles. The van der Waals surface area contributed by atoms with Gasteiger partial charge in [0.15, 0.2) is 6.10 Å². The highest BCUT2D eigenvalue weighted by molar-refractivity contribution is 5.71. The third-order valence-electron chi connectivity index (χ3n) is 11.6. The maximum Gasteiger partial charge on any atom is 0.306 e. The Balaban J connectivity index is 4.52. The van der Waals surface area contributed by atoms with Crippen LogP contribution in [0.3, 0.4) is 0 Å². The Labute approximate surface area is 436 Å². The molecule has 0 heterocycles. The summed E-state index contributed by atoms with van der Waals surface area (Å²) < 4.78 is 16.8. The number of hydrogen-bond donors (Lipinski definition) is 0. The molecule has 0 N–H and O–H groups in total. The molecule has 0 fully saturated rings. The van der Waals surface area contributed by atoms with Crippen molar-refractivity contribution < 1.29 is 28.6 Å². The first-order valence-electron chi connectivity index (χ1n) is 28.7. The van der Waals surface area contributed by atoms with Crippen molar-refractivity contribution in [1.82, 2.24) is 0 Å². The van der Waals surface area contributed by atoms with E-state index in [1.807, 2.05) is 0 Å². The van der Waals surface area contributed by atoms with Gasteiger partial charge in [0.05, 0.1) is 0 Å². The topological polar surface area (TPSA) is 78.9 Å². The van der Waals surface area contributed by atoms with Crippen LogP contribution in [0.1, 0.15) is 239 Å². The van der Waals surface area contributed by atoms with Gasteiger partial charge in [0.1, 0.15) is 13.2 Å². The molecule has 0 saturated heterocycles. The summed E-state index contributed by atoms with van der Waals surface area (Å²) in [5, 5.41) is 0. The van der Waals surface area contributed by atoms with Crippen molar-refractivity contribution in [2.45, 2.75) is 245 Å². The molecule has 0 rings (SSSR count). The van der Waals surface area contributed by atoms with Crippen LogP contribution in [0.2, 0.25) is 0 Å². The van der Waals surface area contributed by atoms with Crippen LogP contribution in [0.25, 0.3) is 0 Å². The van der Waals surface area contributed by atoms with E-state index >= 15 is 0 Å². The van der Waals surface area contributed by atoms with Gasteiger partial charge in [0.25, 0.3) is 0 Å². The second-order valence-electron chi connectivity index (χ2n) is 18.4. The smallest absolute Gasteiger partial charge is 0.306 e. The zero-order valence-corrected chi connectivity index (χ0v) is 45.7. The maximum atomic E-state index is 12.9. The fourth-order valence-corrected chi connectivity index (χ4v) is 7.37. The second-order valence-corrected chi connectivity index (χ2v) is 18.4. The van der Waals surface area contributed by atoms with Crippen LogP contribution < -0.4 is 0 Å². The first-order valence-corrected chi connectivity index (χ1v) is 28.7. The van der Waals surface area contributed by atoms with Crippen molar-refractivity contribution in [3.63, 3.8) is 0 Å². The Bertz CT molecular complexity index is 1550. The molecule has 0 bridgehead atoms. The minimum absolute atomic E-state index is 0.109. The van der Waals surface area contributed by atoms with Gasteiger partial charge >= 0.3 is 17.9 Å². The summed E-state index contributed by atoms with van der Waals surface area (Å²) in [6.45, 7) is 6.32. The lowest BCUT2D eigenvalue weighted by molar-refractivity contribution is -0.167. The summed E-state index contributed by atoms with van der Waals surface area (Å²) in [4.78, 5) is 38.2. The van der Waals surface area contributed by atoms with Crippen molar-refractivity contribution in [3.8, 4) is 0 Å². The number of carbonyl (C=O) groups is 3. The number of esters is 3. The van der Waals surface area contributed by atoms with Crippen LogP contribution in [0.15, 0.2) is 134 Å². The largest absolute Gasteiger partial charge is 0.462 e. The number of hydrogen-bond acceptors (Lipinski definition) is 6. The molecule has 0 saturated carbocycles. The number of allylic oxidation sites excluding steroid dienone is 22. The van der Waals surface area contributed by atoms with Crippen molar-refractivity contribution in [3.05, 3.63) is 134 Å². The monoisotopic (exact) mass is 981 g/mol. The molecular formula is C65H104O6. The maximum absolute atomic E-state index is 12.9. The Kier molecular flexibility index (Phi) is 54.5. The molecule has 400 valence electrons. The molecule has 6 nitrogen and oxygen atoms in total. The molecule has 0 aromatic rings. The summed E-state index contributed by atoms with van der Waals surface area (Å²) in [6, 6.07) is 0. The van der Waals surface area contributed by atoms with Crippen LogP contribution in [-0.2, 0) is 28.6 Å². The second kappa shape index (κ2) is 58.1. The molecule has 0 aliphatic rings. The van der Waals surface area contributed by atoms with Crippen molar-refractivity contribution in [2.75, 3.05) is 13.2 Å². The van der Waals surface area contributed by atoms with Crippen LogP contribution >= 0.6 is 0 Å². The number of carbonyl (C=O) groups excluding carboxylic acids is 3. The Morgan fingerprint density at radius 1 is 0.296 bits per heavy atom. The Morgan fingerprint density at radius 3 is 0.887 bits per heavy atom. The summed E-state index contributed by atoms with van der Waals surface area (Å²) >= 11 is 0. The summed E-state index contributed by atoms with van der Waals surface area (Å²) in [7, 11) is 0. The van der Waals surface area contributed by atoms with Gasteiger partial charge in [0, 0.05) is 19.3 Å². The standard InChI is InChI=1S/C65H104O6/c1-4-7-10-13-16-19-22-25-28-30-31-32-33-35-37-40-43-46-49-52-55-58-64(67)70-61-62(60-69-63(66)57-54-51-48-45-42-39-36-27-24-21-18-15-12-9-6-3)71-65(68)59-56-53-50-47-44-41-38-34-29-26-23-20-17-14-11-8-5-2/h7,9-10,12,16-21,25-29,31-32,35-37,43,46,62H,4-6,8,11,13-15,22-24,30,33-34,38-42,44-45,47-61H2,1-3H3/b10-7-,12-9-,19-16-,20-17-,21-18-,28-25-,29-26-,32-31-,36-27-,37-35-,46-43-. The molecule has 0 aliphatic carbocycles. The number of ether oxygens (including phenoxy) is 3. The predicted molar refractivity (Wildman–Crippen MR) is 306 cm³/mol.